The van der Waals surface area contributed by atoms with Gasteiger partial charge in [0.2, 0.25) is 0 Å². The van der Waals surface area contributed by atoms with Gasteiger partial charge in [0.05, 0.1) is 4.91 Å². The number of aromatic nitrogens is 1. The highest BCUT2D eigenvalue weighted by molar-refractivity contribution is 8.26. The largest absolute Gasteiger partial charge is 0.367 e. The molecule has 1 aliphatic heterocycles. The van der Waals surface area contributed by atoms with Gasteiger partial charge in [0.15, 0.2) is 0 Å². The fraction of sp³-hybridized carbons (Fsp3) is 0.407. The summed E-state index contributed by atoms with van der Waals surface area (Å²) in [6.45, 7) is 6.95. The number of thioether (sulfide) groups is 1. The van der Waals surface area contributed by atoms with Gasteiger partial charge in [-0.2, -0.15) is 5.26 Å². The second-order valence-corrected chi connectivity index (χ2v) is 10.3. The average Bonchev–Trinajstić information content (AvgIpc) is 3.13. The minimum absolute atomic E-state index is 0.0434. The SMILES string of the molecule is CCCCCCCN1C(=O)/C(=C\c2c(C)c(C#N)c(=O)n(CC)c2NCc2ccc(F)cc2)SC1=S. The Hall–Kier alpha value is -2.96. The zero-order chi connectivity index (χ0) is 26.2. The molecule has 9 heteroatoms. The number of amides is 1. The third-order valence-corrected chi connectivity index (χ3v) is 7.58. The predicted molar refractivity (Wildman–Crippen MR) is 148 cm³/mol. The van der Waals surface area contributed by atoms with E-state index in [-0.39, 0.29) is 17.3 Å². The van der Waals surface area contributed by atoms with E-state index in [0.717, 1.165) is 31.2 Å². The molecule has 0 bridgehead atoms. The molecule has 3 rings (SSSR count). The van der Waals surface area contributed by atoms with Crippen LogP contribution in [0.5, 0.6) is 0 Å². The third kappa shape index (κ3) is 6.23. The summed E-state index contributed by atoms with van der Waals surface area (Å²) in [6.07, 6.45) is 7.14. The molecule has 1 N–H and O–H groups in total. The van der Waals surface area contributed by atoms with Gasteiger partial charge in [-0.05, 0) is 49.6 Å². The van der Waals surface area contributed by atoms with E-state index in [0.29, 0.717) is 45.8 Å². The number of pyridine rings is 1. The van der Waals surface area contributed by atoms with Crippen LogP contribution < -0.4 is 10.9 Å². The highest BCUT2D eigenvalue weighted by Crippen LogP contribution is 2.35. The molecule has 2 heterocycles. The summed E-state index contributed by atoms with van der Waals surface area (Å²) in [4.78, 5) is 28.3. The Morgan fingerprint density at radius 2 is 1.83 bits per heavy atom. The van der Waals surface area contributed by atoms with Crippen molar-refractivity contribution in [2.24, 2.45) is 0 Å². The summed E-state index contributed by atoms with van der Waals surface area (Å²) < 4.78 is 15.3. The first-order valence-electron chi connectivity index (χ1n) is 12.2. The molecule has 36 heavy (non-hydrogen) atoms. The second-order valence-electron chi connectivity index (χ2n) is 8.65. The number of anilines is 1. The Kier molecular flexibility index (Phi) is 9.85. The number of nitriles is 1. The van der Waals surface area contributed by atoms with Gasteiger partial charge in [-0.1, -0.05) is 68.7 Å². The van der Waals surface area contributed by atoms with Crippen LogP contribution in [0.3, 0.4) is 0 Å². The summed E-state index contributed by atoms with van der Waals surface area (Å²) in [5, 5.41) is 13.0. The van der Waals surface area contributed by atoms with E-state index in [9.17, 15) is 19.2 Å². The maximum Gasteiger partial charge on any atom is 0.270 e. The molecule has 2 aromatic rings. The van der Waals surface area contributed by atoms with Crippen LogP contribution in [-0.2, 0) is 17.9 Å². The van der Waals surface area contributed by atoms with Gasteiger partial charge < -0.3 is 5.32 Å². The van der Waals surface area contributed by atoms with Crippen LogP contribution in [0.4, 0.5) is 10.2 Å². The summed E-state index contributed by atoms with van der Waals surface area (Å²) in [6, 6.07) is 8.11. The van der Waals surface area contributed by atoms with Crippen molar-refractivity contribution in [1.29, 1.82) is 5.26 Å². The van der Waals surface area contributed by atoms with Crippen LogP contribution in [0.2, 0.25) is 0 Å². The molecule has 1 fully saturated rings. The van der Waals surface area contributed by atoms with Gasteiger partial charge in [0.25, 0.3) is 11.5 Å². The van der Waals surface area contributed by atoms with E-state index >= 15 is 0 Å². The van der Waals surface area contributed by atoms with Crippen molar-refractivity contribution in [1.82, 2.24) is 9.47 Å². The molecule has 0 atom stereocenters. The van der Waals surface area contributed by atoms with Crippen molar-refractivity contribution < 1.29 is 9.18 Å². The number of hydrogen-bond acceptors (Lipinski definition) is 6. The van der Waals surface area contributed by atoms with Crippen molar-refractivity contribution in [3.05, 3.63) is 67.6 Å². The van der Waals surface area contributed by atoms with Crippen molar-refractivity contribution in [2.75, 3.05) is 11.9 Å². The lowest BCUT2D eigenvalue weighted by molar-refractivity contribution is -0.122. The van der Waals surface area contributed by atoms with Crippen molar-refractivity contribution >= 4 is 46.1 Å². The number of unbranched alkanes of at least 4 members (excludes halogenated alkanes) is 4. The van der Waals surface area contributed by atoms with Gasteiger partial charge in [-0.25, -0.2) is 4.39 Å². The zero-order valence-corrected chi connectivity index (χ0v) is 22.5. The van der Waals surface area contributed by atoms with Crippen LogP contribution in [0.15, 0.2) is 34.0 Å². The molecule has 0 aliphatic carbocycles. The molecular formula is C27H31FN4O2S2. The van der Waals surface area contributed by atoms with Crippen LogP contribution in [0.1, 0.15) is 68.2 Å². The number of carbonyl (C=O) groups excluding carboxylic acids is 1. The van der Waals surface area contributed by atoms with Gasteiger partial charge >= 0.3 is 0 Å². The minimum atomic E-state index is -0.393. The maximum absolute atomic E-state index is 13.3. The van der Waals surface area contributed by atoms with Gasteiger partial charge in [-0.3, -0.25) is 19.1 Å². The summed E-state index contributed by atoms with van der Waals surface area (Å²) in [5.74, 6) is 0.0248. The van der Waals surface area contributed by atoms with Crippen molar-refractivity contribution in [2.45, 2.75) is 66.0 Å². The fourth-order valence-electron chi connectivity index (χ4n) is 4.14. The van der Waals surface area contributed by atoms with E-state index < -0.39 is 5.56 Å². The first-order chi connectivity index (χ1) is 17.3. The Morgan fingerprint density at radius 1 is 1.14 bits per heavy atom. The van der Waals surface area contributed by atoms with E-state index in [4.69, 9.17) is 12.2 Å². The quantitative estimate of drug-likeness (QED) is 0.221. The highest BCUT2D eigenvalue weighted by Gasteiger charge is 2.32. The molecule has 1 aliphatic rings. The normalized spacial score (nSPS) is 14.5. The van der Waals surface area contributed by atoms with Crippen LogP contribution >= 0.6 is 24.0 Å². The van der Waals surface area contributed by atoms with Crippen molar-refractivity contribution in [3.63, 3.8) is 0 Å². The number of hydrogen-bond donors (Lipinski definition) is 1. The maximum atomic E-state index is 13.3. The Bertz CT molecular complexity index is 1260. The van der Waals surface area contributed by atoms with E-state index in [1.54, 1.807) is 30.0 Å². The van der Waals surface area contributed by atoms with Gasteiger partial charge in [-0.15, -0.1) is 0 Å². The first-order valence-corrected chi connectivity index (χ1v) is 13.5. The first kappa shape index (κ1) is 27.6. The highest BCUT2D eigenvalue weighted by atomic mass is 32.2. The molecule has 6 nitrogen and oxygen atoms in total. The summed E-state index contributed by atoms with van der Waals surface area (Å²) >= 11 is 6.73. The van der Waals surface area contributed by atoms with E-state index in [1.165, 1.54) is 34.9 Å². The number of carbonyl (C=O) groups is 1. The van der Waals surface area contributed by atoms with Crippen LogP contribution in [-0.4, -0.2) is 26.2 Å². The molecule has 0 unspecified atom stereocenters. The molecule has 190 valence electrons. The van der Waals surface area contributed by atoms with Gasteiger partial charge in [0.1, 0.15) is 27.6 Å². The number of nitrogens with one attached hydrogen (secondary N) is 1. The monoisotopic (exact) mass is 526 g/mol. The van der Waals surface area contributed by atoms with Crippen molar-refractivity contribution in [3.8, 4) is 6.07 Å². The smallest absolute Gasteiger partial charge is 0.270 e. The predicted octanol–water partition coefficient (Wildman–Crippen LogP) is 5.97. The Morgan fingerprint density at radius 3 is 2.47 bits per heavy atom. The fourth-order valence-corrected chi connectivity index (χ4v) is 5.43. The number of rotatable bonds is 11. The lowest BCUT2D eigenvalue weighted by Crippen LogP contribution is -2.29. The molecule has 1 amide bonds. The van der Waals surface area contributed by atoms with E-state index in [2.05, 4.69) is 12.2 Å². The third-order valence-electron chi connectivity index (χ3n) is 6.20. The molecular weight excluding hydrogens is 495 g/mol. The second kappa shape index (κ2) is 12.8. The topological polar surface area (TPSA) is 78.1 Å². The number of benzene rings is 1. The lowest BCUT2D eigenvalue weighted by Gasteiger charge is -2.19. The van der Waals surface area contributed by atoms with Gasteiger partial charge in [0, 0.05) is 25.2 Å². The molecule has 0 radical (unpaired) electrons. The average molecular weight is 527 g/mol. The van der Waals surface area contributed by atoms with Crippen LogP contribution in [0, 0.1) is 24.1 Å². The van der Waals surface area contributed by atoms with Crippen LogP contribution in [0.25, 0.3) is 6.08 Å². The number of nitrogens with zero attached hydrogens (tertiary/aromatic N) is 3. The minimum Gasteiger partial charge on any atom is -0.367 e. The molecule has 0 saturated carbocycles. The Balaban J connectivity index is 1.96. The molecule has 1 aromatic heterocycles. The Labute approximate surface area is 221 Å². The zero-order valence-electron chi connectivity index (χ0n) is 20.9. The molecule has 1 saturated heterocycles. The number of halogens is 1. The molecule has 1 aromatic carbocycles. The molecule has 0 spiro atoms. The van der Waals surface area contributed by atoms with E-state index in [1.807, 2.05) is 13.0 Å². The summed E-state index contributed by atoms with van der Waals surface area (Å²) in [7, 11) is 0. The standard InChI is InChI=1S/C27H31FN4O2S2/c1-4-6-7-8-9-14-32-26(34)23(36-27(32)35)15-21-18(3)22(16-29)25(33)31(5-2)24(21)30-17-19-10-12-20(28)13-11-19/h10-13,15,30H,4-9,14,17H2,1-3H3/b23-15+. The lowest BCUT2D eigenvalue weighted by atomic mass is 10.0. The number of thiocarbonyl (C=S) groups is 1. The summed E-state index contributed by atoms with van der Waals surface area (Å²) in [5.41, 5.74) is 1.57.